The summed E-state index contributed by atoms with van der Waals surface area (Å²) in [4.78, 5) is 4.03. The fraction of sp³-hybridized carbons (Fsp3) is 0.571. The number of rotatable bonds is 3. The van der Waals surface area contributed by atoms with Gasteiger partial charge in [-0.05, 0) is 43.1 Å². The Hall–Kier alpha value is -1.18. The van der Waals surface area contributed by atoms with Gasteiger partial charge in [-0.3, -0.25) is 0 Å². The molecule has 0 bridgehead atoms. The van der Waals surface area contributed by atoms with Crippen molar-refractivity contribution in [1.82, 2.24) is 4.98 Å². The largest absolute Gasteiger partial charge is 0.411 e. The van der Waals surface area contributed by atoms with Gasteiger partial charge in [-0.15, -0.1) is 0 Å². The Labute approximate surface area is 112 Å². The van der Waals surface area contributed by atoms with Gasteiger partial charge in [0.15, 0.2) is 9.04 Å². The van der Waals surface area contributed by atoms with Crippen LogP contribution < -0.4 is 0 Å². The maximum absolute atomic E-state index is 8.97. The first-order valence-electron chi connectivity index (χ1n) is 6.25. The van der Waals surface area contributed by atoms with Crippen LogP contribution in [0.3, 0.4) is 0 Å². The van der Waals surface area contributed by atoms with Gasteiger partial charge in [0.25, 0.3) is 0 Å². The number of hydrogen-bond acceptors (Lipinski definition) is 3. The van der Waals surface area contributed by atoms with E-state index in [4.69, 9.17) is 9.69 Å². The number of hydrogen-bond donors (Lipinski definition) is 0. The first-order valence-corrected chi connectivity index (χ1v) is 9.03. The van der Waals surface area contributed by atoms with E-state index in [0.29, 0.717) is 5.69 Å². The van der Waals surface area contributed by atoms with E-state index in [0.717, 1.165) is 5.56 Å². The van der Waals surface area contributed by atoms with Gasteiger partial charge in [-0.2, -0.15) is 5.26 Å². The summed E-state index contributed by atoms with van der Waals surface area (Å²) in [6.07, 6.45) is 1.68. The number of nitriles is 1. The molecule has 1 rings (SSSR count). The van der Waals surface area contributed by atoms with Crippen LogP contribution in [0.2, 0.25) is 13.1 Å². The minimum Gasteiger partial charge on any atom is -0.411 e. The van der Waals surface area contributed by atoms with Gasteiger partial charge in [0.05, 0.1) is 5.60 Å². The van der Waals surface area contributed by atoms with Gasteiger partial charge >= 0.3 is 0 Å². The maximum atomic E-state index is 8.97. The van der Waals surface area contributed by atoms with Crippen molar-refractivity contribution in [3.05, 3.63) is 29.6 Å². The summed E-state index contributed by atoms with van der Waals surface area (Å²) in [7, 11) is -1.19. The molecule has 0 fully saturated rings. The topological polar surface area (TPSA) is 45.9 Å². The van der Waals surface area contributed by atoms with Crippen LogP contribution in [-0.2, 0) is 10.0 Å². The highest BCUT2D eigenvalue weighted by Gasteiger charge is 2.40. The highest BCUT2D eigenvalue weighted by molar-refractivity contribution is 6.48. The van der Waals surface area contributed by atoms with Crippen molar-refractivity contribution < 1.29 is 4.43 Å². The van der Waals surface area contributed by atoms with E-state index in [-0.39, 0.29) is 11.0 Å². The predicted molar refractivity (Wildman–Crippen MR) is 75.7 cm³/mol. The van der Waals surface area contributed by atoms with Crippen molar-refractivity contribution in [2.75, 3.05) is 0 Å². The van der Waals surface area contributed by atoms with Gasteiger partial charge in [-0.25, -0.2) is 4.98 Å². The zero-order valence-corrected chi connectivity index (χ0v) is 13.3. The molecule has 0 aromatic carbocycles. The molecule has 4 heteroatoms. The molecule has 0 aliphatic carbocycles. The summed E-state index contributed by atoms with van der Waals surface area (Å²) in [6, 6.07) is 5.87. The molecule has 0 saturated carbocycles. The Bertz CT molecular complexity index is 460. The lowest BCUT2D eigenvalue weighted by molar-refractivity contribution is -0.0237. The molecule has 0 saturated heterocycles. The maximum Gasteiger partial charge on any atom is 0.172 e. The molecule has 1 heterocycles. The molecule has 3 nitrogen and oxygen atoms in total. The average Bonchev–Trinajstić information content (AvgIpc) is 2.26. The molecule has 0 amide bonds. The predicted octanol–water partition coefficient (Wildman–Crippen LogP) is 3.21. The third-order valence-corrected chi connectivity index (χ3v) is 4.27. The van der Waals surface area contributed by atoms with Crippen LogP contribution in [0.5, 0.6) is 0 Å². The molecule has 0 N–H and O–H groups in total. The molecule has 0 aliphatic heterocycles. The highest BCUT2D eigenvalue weighted by Crippen LogP contribution is 2.42. The van der Waals surface area contributed by atoms with Crippen LogP contribution in [0, 0.1) is 16.7 Å². The Morgan fingerprint density at radius 2 is 1.89 bits per heavy atom. The Kier molecular flexibility index (Phi) is 4.31. The van der Waals surface area contributed by atoms with Crippen molar-refractivity contribution in [2.45, 2.75) is 46.4 Å². The van der Waals surface area contributed by atoms with Gasteiger partial charge < -0.3 is 4.43 Å². The summed E-state index contributed by atoms with van der Waals surface area (Å²) in [5.41, 5.74) is 1.04. The minimum atomic E-state index is -1.19. The first kappa shape index (κ1) is 14.9. The number of aromatic nitrogens is 1. The molecule has 98 valence electrons. The fourth-order valence-corrected chi connectivity index (χ4v) is 3.37. The van der Waals surface area contributed by atoms with E-state index in [9.17, 15) is 0 Å². The smallest absolute Gasteiger partial charge is 0.172 e. The van der Waals surface area contributed by atoms with Crippen LogP contribution in [0.15, 0.2) is 18.3 Å². The third-order valence-electron chi connectivity index (χ3n) is 3.33. The van der Waals surface area contributed by atoms with Crippen molar-refractivity contribution in [3.8, 4) is 6.07 Å². The van der Waals surface area contributed by atoms with Gasteiger partial charge in [0, 0.05) is 6.20 Å². The zero-order valence-electron chi connectivity index (χ0n) is 12.1. The van der Waals surface area contributed by atoms with Gasteiger partial charge in [0.1, 0.15) is 11.8 Å². The van der Waals surface area contributed by atoms with E-state index in [1.165, 1.54) is 0 Å². The van der Waals surface area contributed by atoms with E-state index in [1.54, 1.807) is 6.20 Å². The van der Waals surface area contributed by atoms with Crippen LogP contribution >= 0.6 is 0 Å². The quantitative estimate of drug-likeness (QED) is 0.786. The molecule has 1 aromatic rings. The summed E-state index contributed by atoms with van der Waals surface area (Å²) < 4.78 is 6.29. The second-order valence-electron chi connectivity index (χ2n) is 5.99. The zero-order chi connectivity index (χ0) is 14.0. The monoisotopic (exact) mass is 262 g/mol. The van der Waals surface area contributed by atoms with E-state index in [2.05, 4.69) is 51.8 Å². The summed E-state index contributed by atoms with van der Waals surface area (Å²) in [5.74, 6) is 0. The molecule has 18 heavy (non-hydrogen) atoms. The van der Waals surface area contributed by atoms with Crippen molar-refractivity contribution in [2.24, 2.45) is 5.41 Å². The average molecular weight is 262 g/mol. The second kappa shape index (κ2) is 5.21. The summed E-state index contributed by atoms with van der Waals surface area (Å²) in [5, 5.41) is 8.97. The molecule has 0 spiro atoms. The van der Waals surface area contributed by atoms with Crippen LogP contribution in [-0.4, -0.2) is 14.0 Å². The first-order chi connectivity index (χ1) is 8.20. The SMILES string of the molecule is C[SiH](C)OC(C)(c1ccnc(C#N)c1)C(C)(C)C. The van der Waals surface area contributed by atoms with Gasteiger partial charge in [-0.1, -0.05) is 20.8 Å². The fourth-order valence-electron chi connectivity index (χ4n) is 1.94. The standard InChI is InChI=1S/C14H22N2OSi/c1-13(2,3)14(4,17-18(5)6)11-7-8-16-12(9-11)10-15/h7-9,18H,1-6H3. The Morgan fingerprint density at radius 1 is 1.28 bits per heavy atom. The lowest BCUT2D eigenvalue weighted by Gasteiger charge is -2.44. The van der Waals surface area contributed by atoms with Gasteiger partial charge in [0.2, 0.25) is 0 Å². The van der Waals surface area contributed by atoms with E-state index < -0.39 is 9.04 Å². The highest BCUT2D eigenvalue weighted by atomic mass is 28.3. The van der Waals surface area contributed by atoms with Crippen LogP contribution in [0.4, 0.5) is 0 Å². The summed E-state index contributed by atoms with van der Waals surface area (Å²) >= 11 is 0. The number of nitrogens with zero attached hydrogens (tertiary/aromatic N) is 2. The minimum absolute atomic E-state index is 0.0433. The molecule has 1 atom stereocenters. The lowest BCUT2D eigenvalue weighted by atomic mass is 9.73. The lowest BCUT2D eigenvalue weighted by Crippen LogP contribution is -2.42. The second-order valence-corrected chi connectivity index (χ2v) is 8.32. The van der Waals surface area contributed by atoms with Crippen molar-refractivity contribution >= 4 is 9.04 Å². The Morgan fingerprint density at radius 3 is 2.33 bits per heavy atom. The molecule has 1 unspecified atom stereocenters. The molecular formula is C14H22N2OSi. The van der Waals surface area contributed by atoms with E-state index in [1.807, 2.05) is 12.1 Å². The van der Waals surface area contributed by atoms with Crippen LogP contribution in [0.1, 0.15) is 39.0 Å². The molecule has 1 aromatic heterocycles. The normalized spacial score (nSPS) is 15.2. The van der Waals surface area contributed by atoms with Crippen LogP contribution in [0.25, 0.3) is 0 Å². The van der Waals surface area contributed by atoms with Crippen molar-refractivity contribution in [3.63, 3.8) is 0 Å². The third kappa shape index (κ3) is 2.98. The molecular weight excluding hydrogens is 240 g/mol. The number of pyridine rings is 1. The summed E-state index contributed by atoms with van der Waals surface area (Å²) in [6.45, 7) is 12.9. The van der Waals surface area contributed by atoms with E-state index >= 15 is 0 Å². The Balaban J connectivity index is 3.31. The molecule has 0 radical (unpaired) electrons. The van der Waals surface area contributed by atoms with Crippen molar-refractivity contribution in [1.29, 1.82) is 5.26 Å². The molecule has 0 aliphatic rings.